The number of nitrogens with two attached hydrogens (primary N) is 1. The van der Waals surface area contributed by atoms with E-state index < -0.39 is 310 Å². The average Bonchev–Trinajstić information content (AvgIpc) is 0.982. The maximum absolute atomic E-state index is 12.3. The summed E-state index contributed by atoms with van der Waals surface area (Å²) in [6, 6.07) is 5.52. The standard InChI is InChI=1S/C62H100N2O42/c1-62(2)27(64-53(89)52(62)63)8-17-4-6-18(7-5-17)91-54-37(82)29(74)45(20(10-66)93-54)101-56-39(84)31(76)47(22(12-68)95-56)103-58-41(86)33(78)49(24(14-70)97-58)105-60-43(88)35(80)51(26(16-72)99-60)106-61-42(87)34(79)50(25(15-71)98-61)104-59-40(85)32(77)48(23(13-69)96-59)102-57-38(83)30(75)46(21(11-67)94-57)100-55-36(81)28(73)44(90-3)19(9-65)92-55/h4-7,19-52,54-61,65-88H,8-16,63H2,1-3H3,(H,64,89). The van der Waals surface area contributed by atoms with Gasteiger partial charge < -0.3 is 214 Å². The van der Waals surface area contributed by atoms with E-state index in [-0.39, 0.29) is 17.7 Å². The van der Waals surface area contributed by atoms with Crippen LogP contribution in [0.1, 0.15) is 19.4 Å². The van der Waals surface area contributed by atoms with Crippen molar-refractivity contribution in [3.8, 4) is 5.75 Å². The largest absolute Gasteiger partial charge is 0.462 e. The van der Waals surface area contributed by atoms with Gasteiger partial charge in [0.25, 0.3) is 0 Å². The molecule has 0 aromatic heterocycles. The Kier molecular flexibility index (Phi) is 29.2. The van der Waals surface area contributed by atoms with Crippen molar-refractivity contribution in [2.24, 2.45) is 11.1 Å². The summed E-state index contributed by atoms with van der Waals surface area (Å²) < 4.78 is 96.5. The van der Waals surface area contributed by atoms with E-state index in [1.54, 1.807) is 24.3 Å². The summed E-state index contributed by atoms with van der Waals surface area (Å²) in [5.41, 5.74) is 6.32. The maximum atomic E-state index is 12.3. The van der Waals surface area contributed by atoms with Gasteiger partial charge in [0.2, 0.25) is 12.2 Å². The Labute approximate surface area is 602 Å². The third kappa shape index (κ3) is 17.3. The first kappa shape index (κ1) is 85.3. The number of aliphatic hydroxyl groups is 24. The molecule has 0 bridgehead atoms. The molecule has 44 heteroatoms. The Balaban J connectivity index is 0.703. The molecule has 9 saturated heterocycles. The van der Waals surface area contributed by atoms with Crippen molar-refractivity contribution in [2.45, 2.75) is 278 Å². The van der Waals surface area contributed by atoms with E-state index >= 15 is 0 Å². The van der Waals surface area contributed by atoms with Crippen molar-refractivity contribution in [3.05, 3.63) is 29.8 Å². The monoisotopic (exact) mass is 1540 g/mol. The molecule has 10 rings (SSSR count). The van der Waals surface area contributed by atoms with E-state index in [1.807, 2.05) is 13.8 Å². The number of carbonyl (C=O) groups is 1. The summed E-state index contributed by atoms with van der Waals surface area (Å²) >= 11 is 0. The minimum atomic E-state index is -2.27. The number of ether oxygens (including phenoxy) is 17. The van der Waals surface area contributed by atoms with Gasteiger partial charge in [-0.25, -0.2) is 0 Å². The van der Waals surface area contributed by atoms with Gasteiger partial charge in [-0.2, -0.15) is 0 Å². The first-order valence-electron chi connectivity index (χ1n) is 34.3. The van der Waals surface area contributed by atoms with Gasteiger partial charge in [-0.15, -0.1) is 0 Å². The van der Waals surface area contributed by atoms with Crippen LogP contribution in [0, 0.1) is 5.41 Å². The van der Waals surface area contributed by atoms with Gasteiger partial charge >= 0.3 is 0 Å². The van der Waals surface area contributed by atoms with Crippen molar-refractivity contribution in [1.29, 1.82) is 0 Å². The SMILES string of the molecule is COC1C(CO)OC(OC2C(CO)OC(OC3C(CO)OC(OC4C(CO)OC(OC5C(CO)OC(OC6C(CO)OC(OC7C(CO)OC(OC8C(CO)OC(Oc9ccc(CC%10NC(=O)C(N)C%10(C)C)cc9)C(O)C8O)C(O)C7O)C(O)C6O)C(O)C5O)C(O)C4O)C(O)C3O)C(O)C2O)C(O)C1O. The Bertz CT molecular complexity index is 2880. The van der Waals surface area contributed by atoms with Crippen LogP contribution in [-0.2, 0) is 87.0 Å². The average molecular weight is 1550 g/mol. The fourth-order valence-electron chi connectivity index (χ4n) is 14.2. The summed E-state index contributed by atoms with van der Waals surface area (Å²) in [7, 11) is 1.18. The zero-order chi connectivity index (χ0) is 77.4. The van der Waals surface area contributed by atoms with Gasteiger partial charge in [-0.05, 0) is 24.1 Å². The molecule has 9 aliphatic heterocycles. The third-order valence-corrected chi connectivity index (χ3v) is 20.8. The Hall–Kier alpha value is -3.15. The van der Waals surface area contributed by atoms with Gasteiger partial charge in [0, 0.05) is 18.6 Å². The highest BCUT2D eigenvalue weighted by molar-refractivity contribution is 5.85. The van der Waals surface area contributed by atoms with Crippen LogP contribution < -0.4 is 15.8 Å². The molecule has 9 aliphatic rings. The van der Waals surface area contributed by atoms with E-state index in [2.05, 4.69) is 5.32 Å². The predicted octanol–water partition coefficient (Wildman–Crippen LogP) is -16.3. The molecule has 1 aromatic rings. The number of aliphatic hydroxyl groups excluding tert-OH is 24. The summed E-state index contributed by atoms with van der Waals surface area (Å²) in [5.74, 6) is -0.109. The Morgan fingerprint density at radius 2 is 0.547 bits per heavy atom. The maximum Gasteiger partial charge on any atom is 0.237 e. The fourth-order valence-corrected chi connectivity index (χ4v) is 14.2. The van der Waals surface area contributed by atoms with Crippen LogP contribution in [0.2, 0.25) is 0 Å². The van der Waals surface area contributed by atoms with Crippen LogP contribution in [0.15, 0.2) is 24.3 Å². The number of hydrogen-bond donors (Lipinski definition) is 26. The minimum Gasteiger partial charge on any atom is -0.462 e. The molecule has 0 saturated carbocycles. The summed E-state index contributed by atoms with van der Waals surface area (Å²) in [5, 5.41) is 266. The molecule has 0 radical (unpaired) electrons. The first-order chi connectivity index (χ1) is 50.3. The van der Waals surface area contributed by atoms with Crippen LogP contribution in [0.25, 0.3) is 0 Å². The molecule has 9 heterocycles. The quantitative estimate of drug-likeness (QED) is 0.0389. The lowest BCUT2D eigenvalue weighted by atomic mass is 9.79. The van der Waals surface area contributed by atoms with Gasteiger partial charge in [0.05, 0.1) is 58.9 Å². The summed E-state index contributed by atoms with van der Waals surface area (Å²) in [4.78, 5) is 12.3. The van der Waals surface area contributed by atoms with Crippen LogP contribution in [0.3, 0.4) is 0 Å². The molecule has 42 atom stereocenters. The molecule has 27 N–H and O–H groups in total. The van der Waals surface area contributed by atoms with E-state index in [9.17, 15) is 127 Å². The summed E-state index contributed by atoms with van der Waals surface area (Å²) in [6.07, 6.45) is -76.6. The lowest BCUT2D eigenvalue weighted by Crippen LogP contribution is -2.68. The van der Waals surface area contributed by atoms with Crippen LogP contribution in [-0.4, -0.2) is 446 Å². The lowest BCUT2D eigenvalue weighted by Gasteiger charge is -2.50. The zero-order valence-electron chi connectivity index (χ0n) is 57.1. The number of rotatable bonds is 27. The third-order valence-electron chi connectivity index (χ3n) is 20.8. The van der Waals surface area contributed by atoms with Gasteiger partial charge in [-0.1, -0.05) is 26.0 Å². The minimum absolute atomic E-state index is 0.165. The normalized spacial score (nSPS) is 49.5. The van der Waals surface area contributed by atoms with E-state index in [4.69, 9.17) is 86.3 Å². The highest BCUT2D eigenvalue weighted by atomic mass is 16.8. The smallest absolute Gasteiger partial charge is 0.237 e. The van der Waals surface area contributed by atoms with Gasteiger partial charge in [0.1, 0.15) is 201 Å². The fraction of sp³-hybridized carbons (Fsp3) is 0.887. The lowest BCUT2D eigenvalue weighted by molar-refractivity contribution is -0.399. The molecule has 42 unspecified atom stereocenters. The molecule has 1 aromatic carbocycles. The number of hydrogen-bond acceptors (Lipinski definition) is 43. The van der Waals surface area contributed by atoms with Crippen molar-refractivity contribution in [3.63, 3.8) is 0 Å². The second-order valence-corrected chi connectivity index (χ2v) is 27.9. The highest BCUT2D eigenvalue weighted by Gasteiger charge is 2.60. The second-order valence-electron chi connectivity index (χ2n) is 27.9. The molecule has 1 amide bonds. The zero-order valence-corrected chi connectivity index (χ0v) is 57.1. The molecule has 0 spiro atoms. The van der Waals surface area contributed by atoms with Crippen LogP contribution >= 0.6 is 0 Å². The van der Waals surface area contributed by atoms with Crippen molar-refractivity contribution in [1.82, 2.24) is 5.32 Å². The molecule has 610 valence electrons. The first-order valence-corrected chi connectivity index (χ1v) is 34.3. The van der Waals surface area contributed by atoms with E-state index in [0.717, 1.165) is 5.56 Å². The van der Waals surface area contributed by atoms with Crippen molar-refractivity contribution in [2.75, 3.05) is 60.0 Å². The number of benzene rings is 1. The van der Waals surface area contributed by atoms with Gasteiger partial charge in [0.15, 0.2) is 44.0 Å². The van der Waals surface area contributed by atoms with Crippen molar-refractivity contribution < 1.29 is 208 Å². The number of nitrogens with one attached hydrogen (secondary N) is 1. The molecule has 0 aliphatic carbocycles. The van der Waals surface area contributed by atoms with Crippen molar-refractivity contribution >= 4 is 5.91 Å². The van der Waals surface area contributed by atoms with Crippen LogP contribution in [0.5, 0.6) is 5.75 Å². The Morgan fingerprint density at radius 1 is 0.340 bits per heavy atom. The predicted molar refractivity (Wildman–Crippen MR) is 331 cm³/mol. The molecule has 44 nitrogen and oxygen atoms in total. The van der Waals surface area contributed by atoms with Gasteiger partial charge in [-0.3, -0.25) is 4.79 Å². The molecule has 9 fully saturated rings. The Morgan fingerprint density at radius 3 is 0.755 bits per heavy atom. The number of carbonyl (C=O) groups excluding carboxylic acids is 1. The molecular weight excluding hydrogens is 1440 g/mol. The van der Waals surface area contributed by atoms with E-state index in [1.165, 1.54) is 7.11 Å². The molecular formula is C62H100N2O42. The van der Waals surface area contributed by atoms with Crippen LogP contribution in [0.4, 0.5) is 0 Å². The molecule has 106 heavy (non-hydrogen) atoms. The number of amides is 1. The topological polar surface area (TPSA) is 698 Å². The van der Waals surface area contributed by atoms with E-state index in [0.29, 0.717) is 6.42 Å². The highest BCUT2D eigenvalue weighted by Crippen LogP contribution is 2.40. The summed E-state index contributed by atoms with van der Waals surface area (Å²) in [6.45, 7) is -4.19. The second kappa shape index (κ2) is 36.3. The number of methoxy groups -OCH3 is 1.